The number of nitrogens with zero attached hydrogens (tertiary/aromatic N) is 6. The topological polar surface area (TPSA) is 78.1 Å². The Morgan fingerprint density at radius 3 is 2.79 bits per heavy atom. The number of hydrogen-bond acceptors (Lipinski definition) is 5. The summed E-state index contributed by atoms with van der Waals surface area (Å²) in [5.74, 6) is 0.603. The number of methoxy groups -OCH3 is 1. The van der Waals surface area contributed by atoms with Crippen molar-refractivity contribution in [1.82, 2.24) is 29.4 Å². The van der Waals surface area contributed by atoms with E-state index in [9.17, 15) is 4.79 Å². The summed E-state index contributed by atoms with van der Waals surface area (Å²) in [4.78, 5) is 20.3. The van der Waals surface area contributed by atoms with Crippen molar-refractivity contribution in [3.05, 3.63) is 58.5 Å². The third-order valence-electron chi connectivity index (χ3n) is 7.14. The Labute approximate surface area is 202 Å². The van der Waals surface area contributed by atoms with Gasteiger partial charge in [-0.25, -0.2) is 9.67 Å². The third kappa shape index (κ3) is 3.05. The largest absolute Gasteiger partial charge is 0.495 e. The van der Waals surface area contributed by atoms with E-state index in [4.69, 9.17) is 21.4 Å². The molecule has 9 heteroatoms. The zero-order chi connectivity index (χ0) is 23.6. The molecule has 174 valence electrons. The number of amides is 1. The van der Waals surface area contributed by atoms with Crippen LogP contribution in [-0.2, 0) is 20.5 Å². The molecule has 0 N–H and O–H groups in total. The second-order valence-corrected chi connectivity index (χ2v) is 9.46. The zero-order valence-electron chi connectivity index (χ0n) is 19.3. The fraction of sp³-hybridized carbons (Fsp3) is 0.360. The normalized spacial score (nSPS) is 19.4. The first kappa shape index (κ1) is 21.2. The highest BCUT2D eigenvalue weighted by atomic mass is 35.5. The number of fused-ring (bicyclic) bond motifs is 5. The van der Waals surface area contributed by atoms with Gasteiger partial charge in [0.1, 0.15) is 5.75 Å². The molecule has 3 aromatic heterocycles. The lowest BCUT2D eigenvalue weighted by atomic mass is 9.81. The predicted octanol–water partition coefficient (Wildman–Crippen LogP) is 4.32. The van der Waals surface area contributed by atoms with Crippen molar-refractivity contribution in [2.24, 2.45) is 14.1 Å². The highest BCUT2D eigenvalue weighted by Crippen LogP contribution is 2.45. The Morgan fingerprint density at radius 2 is 2.00 bits per heavy atom. The molecule has 0 aliphatic carbocycles. The lowest BCUT2D eigenvalue weighted by Gasteiger charge is -2.45. The highest BCUT2D eigenvalue weighted by molar-refractivity contribution is 6.32. The number of aromatic nitrogens is 5. The molecule has 2 aliphatic rings. The monoisotopic (exact) mass is 476 g/mol. The molecule has 8 nitrogen and oxygen atoms in total. The van der Waals surface area contributed by atoms with Crippen molar-refractivity contribution in [3.8, 4) is 17.0 Å². The number of piperidine rings is 1. The van der Waals surface area contributed by atoms with Gasteiger partial charge in [0.05, 0.1) is 34.9 Å². The van der Waals surface area contributed by atoms with Gasteiger partial charge in [0, 0.05) is 37.5 Å². The molecular formula is C25H25ClN6O2. The number of pyridine rings is 1. The number of aryl methyl sites for hydroxylation is 2. The van der Waals surface area contributed by atoms with Crippen LogP contribution in [0.15, 0.2) is 36.5 Å². The van der Waals surface area contributed by atoms with E-state index in [1.54, 1.807) is 18.0 Å². The average molecular weight is 477 g/mol. The fourth-order valence-electron chi connectivity index (χ4n) is 5.69. The van der Waals surface area contributed by atoms with E-state index in [1.165, 1.54) is 5.56 Å². The molecule has 34 heavy (non-hydrogen) atoms. The molecule has 6 rings (SSSR count). The molecule has 1 amide bonds. The Kier molecular flexibility index (Phi) is 4.88. The smallest absolute Gasteiger partial charge is 0.275 e. The van der Waals surface area contributed by atoms with Crippen molar-refractivity contribution in [1.29, 1.82) is 0 Å². The molecule has 1 fully saturated rings. The molecular weight excluding hydrogens is 452 g/mol. The number of ether oxygens (including phenoxy) is 1. The van der Waals surface area contributed by atoms with Gasteiger partial charge in [0.25, 0.3) is 5.91 Å². The minimum Gasteiger partial charge on any atom is -0.495 e. The van der Waals surface area contributed by atoms with Gasteiger partial charge < -0.3 is 9.64 Å². The van der Waals surface area contributed by atoms with Gasteiger partial charge >= 0.3 is 0 Å². The van der Waals surface area contributed by atoms with E-state index in [1.807, 2.05) is 54.0 Å². The van der Waals surface area contributed by atoms with Crippen LogP contribution in [0.25, 0.3) is 22.3 Å². The van der Waals surface area contributed by atoms with Gasteiger partial charge in [-0.05, 0) is 56.0 Å². The number of rotatable bonds is 3. The first-order chi connectivity index (χ1) is 16.5. The van der Waals surface area contributed by atoms with Gasteiger partial charge in [0.2, 0.25) is 0 Å². The Bertz CT molecular complexity index is 1440. The summed E-state index contributed by atoms with van der Waals surface area (Å²) in [7, 11) is 5.40. The summed E-state index contributed by atoms with van der Waals surface area (Å²) in [5.41, 5.74) is 5.41. The SMILES string of the molecule is COc1ccc(-c2c3c(nn2C)[C@@H]2CCC[C@H](C3)N2C(=O)c2nn(C)c3ncccc23)cc1Cl. The summed E-state index contributed by atoms with van der Waals surface area (Å²) in [6.07, 6.45) is 5.40. The Hall–Kier alpha value is -3.39. The third-order valence-corrected chi connectivity index (χ3v) is 7.43. The summed E-state index contributed by atoms with van der Waals surface area (Å²) >= 11 is 6.44. The van der Waals surface area contributed by atoms with Crippen LogP contribution in [0.1, 0.15) is 47.1 Å². The highest BCUT2D eigenvalue weighted by Gasteiger charge is 2.44. The predicted molar refractivity (Wildman–Crippen MR) is 129 cm³/mol. The molecule has 2 bridgehead atoms. The number of hydrogen-bond donors (Lipinski definition) is 0. The first-order valence-corrected chi connectivity index (χ1v) is 11.9. The van der Waals surface area contributed by atoms with Gasteiger partial charge in [0.15, 0.2) is 11.3 Å². The lowest BCUT2D eigenvalue weighted by molar-refractivity contribution is 0.0387. The maximum Gasteiger partial charge on any atom is 0.275 e. The van der Waals surface area contributed by atoms with Crippen LogP contribution in [0.2, 0.25) is 5.02 Å². The molecule has 2 aliphatic heterocycles. The zero-order valence-corrected chi connectivity index (χ0v) is 20.1. The van der Waals surface area contributed by atoms with Gasteiger partial charge in [-0.2, -0.15) is 10.2 Å². The summed E-state index contributed by atoms with van der Waals surface area (Å²) in [6, 6.07) is 9.62. The molecule has 5 heterocycles. The molecule has 0 saturated carbocycles. The van der Waals surface area contributed by atoms with E-state index in [0.29, 0.717) is 22.1 Å². The van der Waals surface area contributed by atoms with Crippen molar-refractivity contribution in [3.63, 3.8) is 0 Å². The number of benzene rings is 1. The molecule has 0 unspecified atom stereocenters. The molecule has 0 radical (unpaired) electrons. The maximum absolute atomic E-state index is 13.9. The standard InChI is InChI=1S/C25H25ClN6O2/c1-30-23(14-9-10-20(34-3)18(26)12-14)17-13-15-6-4-8-19(21(17)28-30)32(15)25(33)22-16-7-5-11-27-24(16)31(2)29-22/h5,7,9-12,15,19H,4,6,8,13H2,1-3H3/t15-,19+/m1/s1. The van der Waals surface area contributed by atoms with Crippen LogP contribution in [0.5, 0.6) is 5.75 Å². The van der Waals surface area contributed by atoms with Gasteiger partial charge in [-0.3, -0.25) is 9.48 Å². The van der Waals surface area contributed by atoms with E-state index in [2.05, 4.69) is 10.1 Å². The second-order valence-electron chi connectivity index (χ2n) is 9.05. The quantitative estimate of drug-likeness (QED) is 0.440. The maximum atomic E-state index is 13.9. The Morgan fingerprint density at radius 1 is 1.15 bits per heavy atom. The molecule has 1 aromatic carbocycles. The minimum atomic E-state index is -0.0719. The van der Waals surface area contributed by atoms with Crippen molar-refractivity contribution >= 4 is 28.5 Å². The number of carbonyl (C=O) groups excluding carboxylic acids is 1. The van der Waals surface area contributed by atoms with Crippen LogP contribution in [-0.4, -0.2) is 48.5 Å². The van der Waals surface area contributed by atoms with Gasteiger partial charge in [-0.1, -0.05) is 11.6 Å². The van der Waals surface area contributed by atoms with E-state index < -0.39 is 0 Å². The van der Waals surface area contributed by atoms with E-state index >= 15 is 0 Å². The minimum absolute atomic E-state index is 0.0429. The molecule has 2 atom stereocenters. The summed E-state index contributed by atoms with van der Waals surface area (Å²) in [6.45, 7) is 0. The molecule has 0 spiro atoms. The molecule has 4 aromatic rings. The van der Waals surface area contributed by atoms with E-state index in [0.717, 1.165) is 48.0 Å². The average Bonchev–Trinajstić information content (AvgIpc) is 3.35. The number of carbonyl (C=O) groups is 1. The first-order valence-electron chi connectivity index (χ1n) is 11.5. The Balaban J connectivity index is 1.43. The van der Waals surface area contributed by atoms with Crippen LogP contribution in [0.4, 0.5) is 0 Å². The number of halogens is 1. The van der Waals surface area contributed by atoms with Crippen LogP contribution in [0, 0.1) is 0 Å². The van der Waals surface area contributed by atoms with Crippen LogP contribution >= 0.6 is 11.6 Å². The van der Waals surface area contributed by atoms with Crippen LogP contribution in [0.3, 0.4) is 0 Å². The van der Waals surface area contributed by atoms with Crippen molar-refractivity contribution in [2.45, 2.75) is 37.8 Å². The van der Waals surface area contributed by atoms with Crippen LogP contribution < -0.4 is 4.74 Å². The summed E-state index contributed by atoms with van der Waals surface area (Å²) in [5, 5.41) is 10.8. The van der Waals surface area contributed by atoms with E-state index in [-0.39, 0.29) is 18.0 Å². The molecule has 1 saturated heterocycles. The second kappa shape index (κ2) is 7.84. The summed E-state index contributed by atoms with van der Waals surface area (Å²) < 4.78 is 8.93. The van der Waals surface area contributed by atoms with Gasteiger partial charge in [-0.15, -0.1) is 0 Å². The van der Waals surface area contributed by atoms with Crippen molar-refractivity contribution < 1.29 is 9.53 Å². The fourth-order valence-corrected chi connectivity index (χ4v) is 5.95. The lowest BCUT2D eigenvalue weighted by Crippen LogP contribution is -2.50. The van der Waals surface area contributed by atoms with Crippen molar-refractivity contribution in [2.75, 3.05) is 7.11 Å².